The molecule has 1 unspecified atom stereocenters. The highest BCUT2D eigenvalue weighted by molar-refractivity contribution is 7.80. The largest absolute Gasteiger partial charge is 0.389 e. The van der Waals surface area contributed by atoms with Gasteiger partial charge >= 0.3 is 0 Å². The SMILES string of the molecule is CNC(=O)C(C)Nc1ccc(C(N)=S)c(C)c1. The summed E-state index contributed by atoms with van der Waals surface area (Å²) in [6, 6.07) is 5.36. The molecule has 0 spiro atoms. The fourth-order valence-corrected chi connectivity index (χ4v) is 1.79. The molecule has 5 heteroatoms. The first-order valence-corrected chi connectivity index (χ1v) is 5.75. The molecule has 17 heavy (non-hydrogen) atoms. The monoisotopic (exact) mass is 251 g/mol. The maximum absolute atomic E-state index is 11.4. The van der Waals surface area contributed by atoms with Crippen LogP contribution in [0.5, 0.6) is 0 Å². The molecule has 1 amide bonds. The summed E-state index contributed by atoms with van der Waals surface area (Å²) in [6.07, 6.45) is 0. The van der Waals surface area contributed by atoms with Gasteiger partial charge in [0.25, 0.3) is 0 Å². The van der Waals surface area contributed by atoms with Gasteiger partial charge in [-0.15, -0.1) is 0 Å². The summed E-state index contributed by atoms with van der Waals surface area (Å²) < 4.78 is 0. The van der Waals surface area contributed by atoms with Crippen LogP contribution in [0.15, 0.2) is 18.2 Å². The van der Waals surface area contributed by atoms with Crippen molar-refractivity contribution in [1.82, 2.24) is 5.32 Å². The van der Waals surface area contributed by atoms with Crippen molar-refractivity contribution in [2.75, 3.05) is 12.4 Å². The first-order valence-electron chi connectivity index (χ1n) is 5.34. The third kappa shape index (κ3) is 3.42. The van der Waals surface area contributed by atoms with Gasteiger partial charge in [-0.25, -0.2) is 0 Å². The molecule has 0 saturated carbocycles. The smallest absolute Gasteiger partial charge is 0.241 e. The number of hydrogen-bond donors (Lipinski definition) is 3. The van der Waals surface area contributed by atoms with Crippen LogP contribution in [0.1, 0.15) is 18.1 Å². The van der Waals surface area contributed by atoms with Crippen molar-refractivity contribution in [3.05, 3.63) is 29.3 Å². The van der Waals surface area contributed by atoms with Crippen LogP contribution in [0.25, 0.3) is 0 Å². The van der Waals surface area contributed by atoms with E-state index < -0.39 is 0 Å². The Balaban J connectivity index is 2.84. The van der Waals surface area contributed by atoms with Gasteiger partial charge in [0.15, 0.2) is 0 Å². The Morgan fingerprint density at radius 1 is 1.47 bits per heavy atom. The van der Waals surface area contributed by atoms with E-state index in [9.17, 15) is 4.79 Å². The van der Waals surface area contributed by atoms with Crippen LogP contribution in [0.2, 0.25) is 0 Å². The number of thiocarbonyl (C=S) groups is 1. The predicted octanol–water partition coefficient (Wildman–Crippen LogP) is 1.18. The van der Waals surface area contributed by atoms with Crippen LogP contribution < -0.4 is 16.4 Å². The van der Waals surface area contributed by atoms with Crippen LogP contribution in [-0.4, -0.2) is 24.0 Å². The molecule has 0 heterocycles. The average molecular weight is 251 g/mol. The van der Waals surface area contributed by atoms with Crippen LogP contribution in [-0.2, 0) is 4.79 Å². The summed E-state index contributed by atoms with van der Waals surface area (Å²) in [5.41, 5.74) is 8.31. The molecule has 4 N–H and O–H groups in total. The number of rotatable bonds is 4. The van der Waals surface area contributed by atoms with E-state index in [2.05, 4.69) is 10.6 Å². The molecule has 0 saturated heterocycles. The molecule has 0 bridgehead atoms. The van der Waals surface area contributed by atoms with Crippen molar-refractivity contribution in [2.45, 2.75) is 19.9 Å². The Kier molecular flexibility index (Phi) is 4.45. The van der Waals surface area contributed by atoms with E-state index in [1.54, 1.807) is 14.0 Å². The number of carbonyl (C=O) groups excluding carboxylic acids is 1. The van der Waals surface area contributed by atoms with Gasteiger partial charge in [-0.3, -0.25) is 4.79 Å². The zero-order valence-electron chi connectivity index (χ0n) is 10.2. The van der Waals surface area contributed by atoms with E-state index in [1.165, 1.54) is 0 Å². The van der Waals surface area contributed by atoms with Crippen molar-refractivity contribution in [3.63, 3.8) is 0 Å². The molecule has 1 atom stereocenters. The topological polar surface area (TPSA) is 67.2 Å². The molecule has 0 radical (unpaired) electrons. The van der Waals surface area contributed by atoms with Crippen molar-refractivity contribution in [2.24, 2.45) is 5.73 Å². The lowest BCUT2D eigenvalue weighted by atomic mass is 10.1. The predicted molar refractivity (Wildman–Crippen MR) is 74.2 cm³/mol. The Bertz CT molecular complexity index is 445. The van der Waals surface area contributed by atoms with Crippen LogP contribution in [0.3, 0.4) is 0 Å². The lowest BCUT2D eigenvalue weighted by molar-refractivity contribution is -0.121. The molecule has 0 fully saturated rings. The molecular formula is C12H17N3OS. The quantitative estimate of drug-likeness (QED) is 0.703. The first kappa shape index (κ1) is 13.4. The van der Waals surface area contributed by atoms with Gasteiger partial charge in [0.05, 0.1) is 0 Å². The van der Waals surface area contributed by atoms with Gasteiger partial charge in [-0.2, -0.15) is 0 Å². The maximum atomic E-state index is 11.4. The molecule has 1 rings (SSSR count). The third-order valence-electron chi connectivity index (χ3n) is 2.51. The normalized spacial score (nSPS) is 11.7. The minimum absolute atomic E-state index is 0.0546. The van der Waals surface area contributed by atoms with Crippen molar-refractivity contribution >= 4 is 28.8 Å². The number of aryl methyl sites for hydroxylation is 1. The summed E-state index contributed by atoms with van der Waals surface area (Å²) in [5.74, 6) is -0.0546. The molecule has 0 aromatic heterocycles. The fourth-order valence-electron chi connectivity index (χ4n) is 1.56. The Morgan fingerprint density at radius 2 is 2.12 bits per heavy atom. The Labute approximate surface area is 107 Å². The van der Waals surface area contributed by atoms with Crippen LogP contribution in [0.4, 0.5) is 5.69 Å². The van der Waals surface area contributed by atoms with Crippen molar-refractivity contribution < 1.29 is 4.79 Å². The third-order valence-corrected chi connectivity index (χ3v) is 2.73. The molecular weight excluding hydrogens is 234 g/mol. The van der Waals surface area contributed by atoms with Crippen molar-refractivity contribution in [3.8, 4) is 0 Å². The number of amides is 1. The number of carbonyl (C=O) groups is 1. The van der Waals surface area contributed by atoms with Gasteiger partial charge in [0, 0.05) is 18.3 Å². The number of nitrogens with one attached hydrogen (secondary N) is 2. The van der Waals surface area contributed by atoms with Gasteiger partial charge in [0.1, 0.15) is 11.0 Å². The lowest BCUT2D eigenvalue weighted by Crippen LogP contribution is -2.35. The number of likely N-dealkylation sites (N-methyl/N-ethyl adjacent to an activating group) is 1. The summed E-state index contributed by atoms with van der Waals surface area (Å²) >= 11 is 4.93. The second kappa shape index (κ2) is 5.63. The van der Waals surface area contributed by atoms with Gasteiger partial charge in [-0.05, 0) is 37.6 Å². The zero-order chi connectivity index (χ0) is 13.0. The lowest BCUT2D eigenvalue weighted by Gasteiger charge is -2.15. The van der Waals surface area contributed by atoms with E-state index in [0.717, 1.165) is 16.8 Å². The van der Waals surface area contributed by atoms with Gasteiger partial charge < -0.3 is 16.4 Å². The van der Waals surface area contributed by atoms with E-state index in [0.29, 0.717) is 4.99 Å². The maximum Gasteiger partial charge on any atom is 0.241 e. The van der Waals surface area contributed by atoms with E-state index in [4.69, 9.17) is 18.0 Å². The molecule has 0 aliphatic carbocycles. The summed E-state index contributed by atoms with van der Waals surface area (Å²) in [6.45, 7) is 3.74. The van der Waals surface area contributed by atoms with Crippen LogP contribution in [0, 0.1) is 6.92 Å². The van der Waals surface area contributed by atoms with Crippen molar-refractivity contribution in [1.29, 1.82) is 0 Å². The highest BCUT2D eigenvalue weighted by atomic mass is 32.1. The molecule has 1 aromatic rings. The van der Waals surface area contributed by atoms with E-state index >= 15 is 0 Å². The zero-order valence-corrected chi connectivity index (χ0v) is 11.0. The Morgan fingerprint density at radius 3 is 2.59 bits per heavy atom. The van der Waals surface area contributed by atoms with E-state index in [1.807, 2.05) is 25.1 Å². The standard InChI is InChI=1S/C12H17N3OS/c1-7-6-9(4-5-10(7)11(13)17)15-8(2)12(16)14-3/h4-6,8,15H,1-3H3,(H2,13,17)(H,14,16). The second-order valence-electron chi connectivity index (χ2n) is 3.87. The molecule has 0 aliphatic heterocycles. The van der Waals surface area contributed by atoms with E-state index in [-0.39, 0.29) is 11.9 Å². The molecule has 1 aromatic carbocycles. The number of hydrogen-bond acceptors (Lipinski definition) is 3. The fraction of sp³-hybridized carbons (Fsp3) is 0.333. The van der Waals surface area contributed by atoms with Crippen LogP contribution >= 0.6 is 12.2 Å². The minimum Gasteiger partial charge on any atom is -0.389 e. The summed E-state index contributed by atoms with van der Waals surface area (Å²) in [4.78, 5) is 11.7. The average Bonchev–Trinajstić information content (AvgIpc) is 2.27. The number of nitrogens with two attached hydrogens (primary N) is 1. The van der Waals surface area contributed by atoms with Gasteiger partial charge in [-0.1, -0.05) is 12.2 Å². The highest BCUT2D eigenvalue weighted by Crippen LogP contribution is 2.16. The van der Waals surface area contributed by atoms with Gasteiger partial charge in [0.2, 0.25) is 5.91 Å². The molecule has 0 aliphatic rings. The minimum atomic E-state index is -0.282. The number of anilines is 1. The molecule has 4 nitrogen and oxygen atoms in total. The Hall–Kier alpha value is -1.62. The summed E-state index contributed by atoms with van der Waals surface area (Å²) in [5, 5.41) is 5.69. The molecule has 92 valence electrons. The summed E-state index contributed by atoms with van der Waals surface area (Å²) in [7, 11) is 1.61. The second-order valence-corrected chi connectivity index (χ2v) is 4.31. The first-order chi connectivity index (χ1) is 7.95. The highest BCUT2D eigenvalue weighted by Gasteiger charge is 2.11. The number of benzene rings is 1.